The van der Waals surface area contributed by atoms with Gasteiger partial charge in [-0.1, -0.05) is 67.3 Å². The maximum absolute atomic E-state index is 14.3. The Morgan fingerprint density at radius 3 is 2.11 bits per heavy atom. The highest BCUT2D eigenvalue weighted by atomic mass is 35.5. The predicted octanol–water partition coefficient (Wildman–Crippen LogP) is 5.01. The van der Waals surface area contributed by atoms with Gasteiger partial charge in [0.25, 0.3) is 0 Å². The smallest absolute Gasteiger partial charge is 0.384 e. The van der Waals surface area contributed by atoms with Gasteiger partial charge in [0, 0.05) is 42.7 Å². The van der Waals surface area contributed by atoms with Crippen molar-refractivity contribution >= 4 is 35.2 Å². The number of likely N-dealkylation sites (tertiary alicyclic amines) is 1. The highest BCUT2D eigenvalue weighted by Gasteiger charge is 2.48. The first-order valence-electron chi connectivity index (χ1n) is 15.8. The highest BCUT2D eigenvalue weighted by molar-refractivity contribution is 6.30. The quantitative estimate of drug-likeness (QED) is 0.169. The van der Waals surface area contributed by atoms with Gasteiger partial charge in [0.2, 0.25) is 5.91 Å². The van der Waals surface area contributed by atoms with Crippen LogP contribution in [0.4, 0.5) is 13.2 Å². The van der Waals surface area contributed by atoms with Crippen molar-refractivity contribution in [3.05, 3.63) is 70.2 Å². The highest BCUT2D eigenvalue weighted by Crippen LogP contribution is 2.34. The van der Waals surface area contributed by atoms with Crippen molar-refractivity contribution in [1.29, 1.82) is 10.8 Å². The maximum atomic E-state index is 14.3. The molecule has 250 valence electrons. The molecule has 13 heteroatoms. The van der Waals surface area contributed by atoms with E-state index in [-0.39, 0.29) is 37.2 Å². The molecule has 2 aromatic rings. The zero-order valence-corrected chi connectivity index (χ0v) is 26.5. The average Bonchev–Trinajstić information content (AvgIpc) is 3.03. The number of carbonyl (C=O) groups excluding carboxylic acids is 2. The molecular weight excluding hydrogens is 619 g/mol. The molecule has 0 radical (unpaired) electrons. The van der Waals surface area contributed by atoms with Crippen LogP contribution in [0.1, 0.15) is 67.6 Å². The maximum Gasteiger partial charge on any atom is 0.471 e. The van der Waals surface area contributed by atoms with Crippen molar-refractivity contribution in [3.63, 3.8) is 0 Å². The number of hydrogen-bond acceptors (Lipinski definition) is 4. The normalized spacial score (nSPS) is 17.6. The molecule has 0 bridgehead atoms. The molecule has 2 aromatic carbocycles. The summed E-state index contributed by atoms with van der Waals surface area (Å²) in [6.45, 7) is 1.07. The number of benzene rings is 2. The lowest BCUT2D eigenvalue weighted by molar-refractivity contribution is -0.190. The number of nitrogen functional groups attached to an aromatic ring is 1. The minimum absolute atomic E-state index is 0.00816. The molecule has 4 rings (SSSR count). The van der Waals surface area contributed by atoms with E-state index in [9.17, 15) is 22.8 Å². The van der Waals surface area contributed by atoms with E-state index in [1.54, 1.807) is 53.4 Å². The lowest BCUT2D eigenvalue weighted by Crippen LogP contribution is -2.58. The van der Waals surface area contributed by atoms with Gasteiger partial charge in [0.1, 0.15) is 11.9 Å². The van der Waals surface area contributed by atoms with Crippen LogP contribution in [0.25, 0.3) is 0 Å². The monoisotopic (exact) mass is 661 g/mol. The van der Waals surface area contributed by atoms with E-state index in [0.29, 0.717) is 54.9 Å². The summed E-state index contributed by atoms with van der Waals surface area (Å²) in [5, 5.41) is 18.7. The molecule has 1 aliphatic heterocycles. The standard InChI is InChI=1S/C33H43ClF3N7O2/c34-27-12-10-23(11-13-27)26(18-21-6-8-25(9-7-21)29(38)39)20-44(31(46)33(35,36)37)28(24-4-2-1-3-5-24)30(45)42-19-22-14-16-43(17-15-22)32(40)41/h6-13,22,24,26,28H,1-5,14-20H2,(H3,38,39)(H3,40,41)(H,42,45). The topological polar surface area (TPSA) is 152 Å². The molecule has 2 fully saturated rings. The Labute approximate surface area is 272 Å². The van der Waals surface area contributed by atoms with Gasteiger partial charge in [-0.05, 0) is 67.2 Å². The van der Waals surface area contributed by atoms with E-state index in [1.165, 1.54) is 0 Å². The van der Waals surface area contributed by atoms with Crippen LogP contribution >= 0.6 is 11.6 Å². The van der Waals surface area contributed by atoms with E-state index < -0.39 is 35.9 Å². The number of amides is 2. The van der Waals surface area contributed by atoms with Crippen LogP contribution in [-0.4, -0.2) is 71.8 Å². The summed E-state index contributed by atoms with van der Waals surface area (Å²) >= 11 is 6.14. The van der Waals surface area contributed by atoms with Gasteiger partial charge < -0.3 is 26.6 Å². The first-order chi connectivity index (χ1) is 21.8. The van der Waals surface area contributed by atoms with E-state index in [4.69, 9.17) is 33.9 Å². The van der Waals surface area contributed by atoms with Crippen LogP contribution in [0.2, 0.25) is 5.02 Å². The summed E-state index contributed by atoms with van der Waals surface area (Å²) in [4.78, 5) is 29.8. The molecule has 2 amide bonds. The van der Waals surface area contributed by atoms with Gasteiger partial charge in [-0.2, -0.15) is 13.2 Å². The number of hydrogen-bond donors (Lipinski definition) is 5. The van der Waals surface area contributed by atoms with Crippen LogP contribution in [0.3, 0.4) is 0 Å². The third-order valence-electron chi connectivity index (χ3n) is 9.23. The SMILES string of the molecule is N=C(N)c1ccc(CC(CN(C(=O)C(F)(F)F)C(C(=O)NCC2CCN(C(=N)N)CC2)C2CCCCC2)c2ccc(Cl)cc2)cc1. The van der Waals surface area contributed by atoms with Gasteiger partial charge in [0.05, 0.1) is 0 Å². The Bertz CT molecular complexity index is 1360. The van der Waals surface area contributed by atoms with Crippen molar-refractivity contribution in [2.45, 2.75) is 69.5 Å². The third kappa shape index (κ3) is 9.37. The summed E-state index contributed by atoms with van der Waals surface area (Å²) in [5.74, 6) is -3.64. The third-order valence-corrected chi connectivity index (χ3v) is 9.48. The molecule has 7 N–H and O–H groups in total. The van der Waals surface area contributed by atoms with Crippen LogP contribution < -0.4 is 16.8 Å². The average molecular weight is 662 g/mol. The Morgan fingerprint density at radius 2 is 1.57 bits per heavy atom. The van der Waals surface area contributed by atoms with Gasteiger partial charge >= 0.3 is 12.1 Å². The Morgan fingerprint density at radius 1 is 0.957 bits per heavy atom. The largest absolute Gasteiger partial charge is 0.471 e. The van der Waals surface area contributed by atoms with Gasteiger partial charge in [-0.3, -0.25) is 20.4 Å². The van der Waals surface area contributed by atoms with Crippen molar-refractivity contribution in [3.8, 4) is 0 Å². The van der Waals surface area contributed by atoms with Crippen molar-refractivity contribution in [1.82, 2.24) is 15.1 Å². The number of nitrogens with zero attached hydrogens (tertiary/aromatic N) is 2. The first-order valence-corrected chi connectivity index (χ1v) is 16.1. The molecule has 2 aliphatic rings. The number of rotatable bonds is 11. The molecule has 1 saturated heterocycles. The summed E-state index contributed by atoms with van der Waals surface area (Å²) in [7, 11) is 0. The zero-order valence-electron chi connectivity index (χ0n) is 25.8. The number of nitrogens with one attached hydrogen (secondary N) is 3. The second-order valence-electron chi connectivity index (χ2n) is 12.4. The molecule has 1 saturated carbocycles. The first kappa shape index (κ1) is 35.1. The Kier molecular flexibility index (Phi) is 11.9. The summed E-state index contributed by atoms with van der Waals surface area (Å²) < 4.78 is 43.0. The number of guanidine groups is 1. The summed E-state index contributed by atoms with van der Waals surface area (Å²) in [5.41, 5.74) is 13.2. The number of nitrogens with two attached hydrogens (primary N) is 2. The predicted molar refractivity (Wildman–Crippen MR) is 173 cm³/mol. The van der Waals surface area contributed by atoms with Gasteiger partial charge in [-0.15, -0.1) is 0 Å². The molecule has 1 heterocycles. The molecular formula is C33H43ClF3N7O2. The second kappa shape index (κ2) is 15.7. The minimum atomic E-state index is -5.18. The number of halogens is 4. The lowest BCUT2D eigenvalue weighted by Gasteiger charge is -2.40. The molecule has 2 unspecified atom stereocenters. The second-order valence-corrected chi connectivity index (χ2v) is 12.9. The molecule has 46 heavy (non-hydrogen) atoms. The van der Waals surface area contributed by atoms with Crippen LogP contribution in [-0.2, 0) is 16.0 Å². The fourth-order valence-electron chi connectivity index (χ4n) is 6.64. The number of alkyl halides is 3. The number of piperidine rings is 1. The fourth-order valence-corrected chi connectivity index (χ4v) is 6.76. The van der Waals surface area contributed by atoms with Crippen molar-refractivity contribution in [2.24, 2.45) is 23.3 Å². The van der Waals surface area contributed by atoms with Gasteiger partial charge in [-0.25, -0.2) is 0 Å². The molecule has 1 aliphatic carbocycles. The van der Waals surface area contributed by atoms with E-state index in [0.717, 1.165) is 29.7 Å². The fraction of sp³-hybridized carbons (Fsp3) is 0.515. The summed E-state index contributed by atoms with van der Waals surface area (Å²) in [6.07, 6.45) is 0.0281. The number of amidine groups is 1. The van der Waals surface area contributed by atoms with Crippen molar-refractivity contribution in [2.75, 3.05) is 26.2 Å². The zero-order chi connectivity index (χ0) is 33.4. The minimum Gasteiger partial charge on any atom is -0.384 e. The Balaban J connectivity index is 1.65. The van der Waals surface area contributed by atoms with Gasteiger partial charge in [0.15, 0.2) is 5.96 Å². The molecule has 9 nitrogen and oxygen atoms in total. The molecule has 0 aromatic heterocycles. The van der Waals surface area contributed by atoms with E-state index in [2.05, 4.69) is 5.32 Å². The van der Waals surface area contributed by atoms with Crippen LogP contribution in [0, 0.1) is 22.7 Å². The molecule has 0 spiro atoms. The van der Waals surface area contributed by atoms with Crippen LogP contribution in [0.15, 0.2) is 48.5 Å². The van der Waals surface area contributed by atoms with Crippen molar-refractivity contribution < 1.29 is 22.8 Å². The van der Waals surface area contributed by atoms with E-state index >= 15 is 0 Å². The molecule has 2 atom stereocenters. The lowest BCUT2D eigenvalue weighted by atomic mass is 9.81. The summed E-state index contributed by atoms with van der Waals surface area (Å²) in [6, 6.07) is 12.4. The number of carbonyl (C=O) groups is 2. The van der Waals surface area contributed by atoms with E-state index in [1.807, 2.05) is 0 Å². The Hall–Kier alpha value is -3.80. The van der Waals surface area contributed by atoms with Crippen LogP contribution in [0.5, 0.6) is 0 Å².